The van der Waals surface area contributed by atoms with Crippen molar-refractivity contribution in [1.29, 1.82) is 0 Å². The molecule has 2 heterocycles. The molecule has 2 aromatic rings. The lowest BCUT2D eigenvalue weighted by Crippen LogP contribution is -2.49. The Bertz CT molecular complexity index is 721. The summed E-state index contributed by atoms with van der Waals surface area (Å²) in [6.45, 7) is 2.52. The molecule has 0 radical (unpaired) electrons. The first-order valence-corrected chi connectivity index (χ1v) is 7.33. The number of halogens is 3. The number of rotatable bonds is 4. The Morgan fingerprint density at radius 3 is 2.43 bits per heavy atom. The van der Waals surface area contributed by atoms with E-state index >= 15 is 0 Å². The molecule has 4 nitrogen and oxygen atoms in total. The van der Waals surface area contributed by atoms with Crippen LogP contribution in [-0.2, 0) is 19.3 Å². The van der Waals surface area contributed by atoms with Gasteiger partial charge in [-0.05, 0) is 11.6 Å². The van der Waals surface area contributed by atoms with Crippen molar-refractivity contribution in [2.45, 2.75) is 19.3 Å². The van der Waals surface area contributed by atoms with E-state index in [1.807, 2.05) is 30.3 Å². The van der Waals surface area contributed by atoms with Crippen LogP contribution in [0.3, 0.4) is 0 Å². The second-order valence-corrected chi connectivity index (χ2v) is 5.78. The first kappa shape index (κ1) is 15.7. The molecule has 0 saturated carbocycles. The van der Waals surface area contributed by atoms with Gasteiger partial charge < -0.3 is 0 Å². The minimum atomic E-state index is -4.53. The van der Waals surface area contributed by atoms with Crippen LogP contribution in [-0.4, -0.2) is 27.8 Å². The molecule has 122 valence electrons. The topological polar surface area (TPSA) is 38.1 Å². The molecule has 1 aliphatic rings. The quantitative estimate of drug-likeness (QED) is 0.867. The van der Waals surface area contributed by atoms with Crippen LogP contribution < -0.4 is 5.56 Å². The molecule has 0 N–H and O–H groups in total. The Labute approximate surface area is 131 Å². The van der Waals surface area contributed by atoms with Gasteiger partial charge in [0.05, 0.1) is 6.54 Å². The summed E-state index contributed by atoms with van der Waals surface area (Å²) < 4.78 is 38.9. The zero-order chi connectivity index (χ0) is 16.4. The monoisotopic (exact) mass is 323 g/mol. The third kappa shape index (κ3) is 3.79. The molecule has 1 aromatic carbocycles. The summed E-state index contributed by atoms with van der Waals surface area (Å²) in [6.07, 6.45) is -4.53. The van der Waals surface area contributed by atoms with Crippen LogP contribution in [0.25, 0.3) is 0 Å². The molecule has 7 heteroatoms. The van der Waals surface area contributed by atoms with Gasteiger partial charge in [-0.3, -0.25) is 9.69 Å². The van der Waals surface area contributed by atoms with Crippen molar-refractivity contribution in [2.24, 2.45) is 5.92 Å². The number of likely N-dealkylation sites (tertiary alicyclic amines) is 1. The van der Waals surface area contributed by atoms with Crippen molar-refractivity contribution >= 4 is 0 Å². The van der Waals surface area contributed by atoms with E-state index in [4.69, 9.17) is 0 Å². The second-order valence-electron chi connectivity index (χ2n) is 5.78. The normalized spacial score (nSPS) is 16.3. The lowest BCUT2D eigenvalue weighted by atomic mass is 9.99. The first-order chi connectivity index (χ1) is 10.9. The van der Waals surface area contributed by atoms with Crippen molar-refractivity contribution in [3.63, 3.8) is 0 Å². The van der Waals surface area contributed by atoms with Gasteiger partial charge in [0.2, 0.25) is 0 Å². The average molecular weight is 323 g/mol. The summed E-state index contributed by atoms with van der Waals surface area (Å²) in [5.74, 6) is 0.146. The van der Waals surface area contributed by atoms with Crippen molar-refractivity contribution in [3.8, 4) is 0 Å². The summed E-state index contributed by atoms with van der Waals surface area (Å²) in [5.41, 5.74) is -0.336. The second kappa shape index (κ2) is 6.16. The number of hydrogen-bond donors (Lipinski definition) is 0. The maximum absolute atomic E-state index is 12.7. The van der Waals surface area contributed by atoms with Gasteiger partial charge in [0.15, 0.2) is 5.69 Å². The SMILES string of the molecule is O=c1ccc(C(F)(F)F)nn1CC1CN(Cc2ccccc2)C1. The van der Waals surface area contributed by atoms with Crippen molar-refractivity contribution < 1.29 is 13.2 Å². The van der Waals surface area contributed by atoms with E-state index in [1.54, 1.807) is 0 Å². The Kier molecular flexibility index (Phi) is 4.21. The van der Waals surface area contributed by atoms with E-state index in [2.05, 4.69) is 10.00 Å². The average Bonchev–Trinajstić information content (AvgIpc) is 2.47. The lowest BCUT2D eigenvalue weighted by molar-refractivity contribution is -0.142. The number of nitrogens with zero attached hydrogens (tertiary/aromatic N) is 3. The fourth-order valence-electron chi connectivity index (χ4n) is 2.74. The van der Waals surface area contributed by atoms with Gasteiger partial charge in [0.1, 0.15) is 0 Å². The van der Waals surface area contributed by atoms with Crippen LogP contribution in [0.4, 0.5) is 13.2 Å². The van der Waals surface area contributed by atoms with E-state index in [-0.39, 0.29) is 12.5 Å². The molecular weight excluding hydrogens is 307 g/mol. The van der Waals surface area contributed by atoms with Crippen molar-refractivity contribution in [2.75, 3.05) is 13.1 Å². The van der Waals surface area contributed by atoms with Crippen molar-refractivity contribution in [3.05, 3.63) is 64.1 Å². The van der Waals surface area contributed by atoms with E-state index in [0.29, 0.717) is 0 Å². The lowest BCUT2D eigenvalue weighted by Gasteiger charge is -2.39. The molecule has 0 unspecified atom stereocenters. The summed E-state index contributed by atoms with van der Waals surface area (Å²) in [7, 11) is 0. The molecule has 1 fully saturated rings. The zero-order valence-electron chi connectivity index (χ0n) is 12.3. The maximum atomic E-state index is 12.7. The molecule has 23 heavy (non-hydrogen) atoms. The zero-order valence-corrected chi connectivity index (χ0v) is 12.3. The van der Waals surface area contributed by atoms with Gasteiger partial charge in [0, 0.05) is 31.6 Å². The minimum Gasteiger partial charge on any atom is -0.298 e. The largest absolute Gasteiger partial charge is 0.435 e. The van der Waals surface area contributed by atoms with Gasteiger partial charge in [-0.2, -0.15) is 18.3 Å². The molecule has 0 bridgehead atoms. The Morgan fingerprint density at radius 1 is 1.09 bits per heavy atom. The van der Waals surface area contributed by atoms with Crippen LogP contribution >= 0.6 is 0 Å². The van der Waals surface area contributed by atoms with E-state index in [1.165, 1.54) is 5.56 Å². The predicted molar refractivity (Wildman–Crippen MR) is 78.7 cm³/mol. The minimum absolute atomic E-state index is 0.146. The molecule has 0 atom stereocenters. The third-order valence-electron chi connectivity index (χ3n) is 3.87. The highest BCUT2D eigenvalue weighted by Crippen LogP contribution is 2.26. The highest BCUT2D eigenvalue weighted by molar-refractivity contribution is 5.14. The van der Waals surface area contributed by atoms with E-state index in [9.17, 15) is 18.0 Å². The summed E-state index contributed by atoms with van der Waals surface area (Å²) in [6, 6.07) is 11.6. The van der Waals surface area contributed by atoms with Gasteiger partial charge >= 0.3 is 6.18 Å². The number of alkyl halides is 3. The van der Waals surface area contributed by atoms with E-state index in [0.717, 1.165) is 36.4 Å². The molecular formula is C16H16F3N3O. The van der Waals surface area contributed by atoms with E-state index < -0.39 is 17.4 Å². The number of aromatic nitrogens is 2. The third-order valence-corrected chi connectivity index (χ3v) is 3.87. The molecule has 1 aromatic heterocycles. The summed E-state index contributed by atoms with van der Waals surface area (Å²) in [5, 5.41) is 3.44. The van der Waals surface area contributed by atoms with Gasteiger partial charge in [-0.25, -0.2) is 4.68 Å². The fraction of sp³-hybridized carbons (Fsp3) is 0.375. The Morgan fingerprint density at radius 2 is 1.78 bits per heavy atom. The smallest absolute Gasteiger partial charge is 0.298 e. The molecule has 0 spiro atoms. The Balaban J connectivity index is 1.59. The number of benzene rings is 1. The number of hydrogen-bond acceptors (Lipinski definition) is 3. The fourth-order valence-corrected chi connectivity index (χ4v) is 2.74. The van der Waals surface area contributed by atoms with Crippen LogP contribution in [0, 0.1) is 5.92 Å². The highest BCUT2D eigenvalue weighted by atomic mass is 19.4. The first-order valence-electron chi connectivity index (χ1n) is 7.33. The highest BCUT2D eigenvalue weighted by Gasteiger charge is 2.34. The molecule has 3 rings (SSSR count). The van der Waals surface area contributed by atoms with Crippen molar-refractivity contribution in [1.82, 2.24) is 14.7 Å². The summed E-state index contributed by atoms with van der Waals surface area (Å²) in [4.78, 5) is 13.9. The van der Waals surface area contributed by atoms with Crippen LogP contribution in [0.5, 0.6) is 0 Å². The van der Waals surface area contributed by atoms with Crippen LogP contribution in [0.1, 0.15) is 11.3 Å². The van der Waals surface area contributed by atoms with Crippen LogP contribution in [0.15, 0.2) is 47.3 Å². The van der Waals surface area contributed by atoms with Gasteiger partial charge in [0.25, 0.3) is 5.56 Å². The molecule has 0 amide bonds. The maximum Gasteiger partial charge on any atom is 0.435 e. The van der Waals surface area contributed by atoms with Gasteiger partial charge in [-0.1, -0.05) is 30.3 Å². The molecule has 0 aliphatic carbocycles. The molecule has 1 saturated heterocycles. The summed E-state index contributed by atoms with van der Waals surface area (Å²) >= 11 is 0. The van der Waals surface area contributed by atoms with Crippen LogP contribution in [0.2, 0.25) is 0 Å². The standard InChI is InChI=1S/C16H16F3N3O/c17-16(18,19)14-6-7-15(23)22(20-14)11-13-9-21(10-13)8-12-4-2-1-3-5-12/h1-7,13H,8-11H2. The Hall–Kier alpha value is -2.15. The predicted octanol–water partition coefficient (Wildman–Crippen LogP) is 2.39. The van der Waals surface area contributed by atoms with Gasteiger partial charge in [-0.15, -0.1) is 0 Å². The molecule has 1 aliphatic heterocycles.